The summed E-state index contributed by atoms with van der Waals surface area (Å²) in [6.45, 7) is 0. The number of halogens is 4. The van der Waals surface area contributed by atoms with Crippen molar-refractivity contribution in [2.24, 2.45) is 5.73 Å². The third kappa shape index (κ3) is 6.68. The molecule has 13 heteroatoms. The molecule has 4 N–H and O–H groups in total. The van der Waals surface area contributed by atoms with Crippen molar-refractivity contribution in [1.82, 2.24) is 20.6 Å². The number of nitrogens with zero attached hydrogens (tertiary/aromatic N) is 2. The number of sulfone groups is 1. The number of hydrogen-bond acceptors (Lipinski definition) is 7. The zero-order valence-corrected chi connectivity index (χ0v) is 17.5. The van der Waals surface area contributed by atoms with E-state index in [-0.39, 0.29) is 11.3 Å². The smallest absolute Gasteiger partial charge is 0.337 e. The second-order valence-corrected chi connectivity index (χ2v) is 9.75. The molecule has 174 valence electrons. The lowest BCUT2D eigenvalue weighted by Crippen LogP contribution is -2.56. The second-order valence-electron chi connectivity index (χ2n) is 7.64. The molecule has 2 aromatic rings. The van der Waals surface area contributed by atoms with Gasteiger partial charge >= 0.3 is 6.18 Å². The summed E-state index contributed by atoms with van der Waals surface area (Å²) < 4.78 is 79.8. The SMILES string of the molecule is NC1(NC(=O)[C@H](CS(=O)(=O)Cc2cnccn2)N[C@@H](c2ccc(F)cc2)C(F)(F)F)CC1. The molecule has 0 saturated heterocycles. The van der Waals surface area contributed by atoms with Crippen LogP contribution in [0.15, 0.2) is 42.9 Å². The third-order valence-corrected chi connectivity index (χ3v) is 6.36. The van der Waals surface area contributed by atoms with Gasteiger partial charge in [0.25, 0.3) is 0 Å². The monoisotopic (exact) mass is 475 g/mol. The fourth-order valence-electron chi connectivity index (χ4n) is 2.97. The lowest BCUT2D eigenvalue weighted by molar-refractivity contribution is -0.160. The molecule has 1 aliphatic carbocycles. The van der Waals surface area contributed by atoms with E-state index in [1.54, 1.807) is 0 Å². The molecule has 3 rings (SSSR count). The van der Waals surface area contributed by atoms with E-state index in [1.807, 2.05) is 0 Å². The fraction of sp³-hybridized carbons (Fsp3) is 0.421. The molecular formula is C19H21F4N5O3S. The number of nitrogens with two attached hydrogens (primary N) is 1. The number of alkyl halides is 3. The Hall–Kier alpha value is -2.64. The average molecular weight is 475 g/mol. The fourth-order valence-corrected chi connectivity index (χ4v) is 4.44. The van der Waals surface area contributed by atoms with E-state index in [9.17, 15) is 30.8 Å². The lowest BCUT2D eigenvalue weighted by Gasteiger charge is -2.28. The van der Waals surface area contributed by atoms with Gasteiger partial charge in [-0.25, -0.2) is 12.8 Å². The van der Waals surface area contributed by atoms with E-state index in [4.69, 9.17) is 5.73 Å². The van der Waals surface area contributed by atoms with Crippen LogP contribution < -0.4 is 16.4 Å². The minimum atomic E-state index is -4.90. The Morgan fingerprint density at radius 2 is 1.84 bits per heavy atom. The van der Waals surface area contributed by atoms with Gasteiger partial charge in [-0.05, 0) is 30.5 Å². The van der Waals surface area contributed by atoms with Crippen LogP contribution in [-0.4, -0.2) is 47.9 Å². The summed E-state index contributed by atoms with van der Waals surface area (Å²) in [6, 6.07) is -0.694. The first-order chi connectivity index (χ1) is 14.9. The first kappa shape index (κ1) is 24.0. The Balaban J connectivity index is 1.86. The Morgan fingerprint density at radius 3 is 2.38 bits per heavy atom. The molecule has 1 saturated carbocycles. The van der Waals surface area contributed by atoms with Crippen LogP contribution in [0.3, 0.4) is 0 Å². The Morgan fingerprint density at radius 1 is 1.19 bits per heavy atom. The van der Waals surface area contributed by atoms with Crippen molar-refractivity contribution in [3.05, 3.63) is 59.9 Å². The summed E-state index contributed by atoms with van der Waals surface area (Å²) in [7, 11) is -4.09. The highest BCUT2D eigenvalue weighted by Crippen LogP contribution is 2.34. The molecule has 8 nitrogen and oxygen atoms in total. The van der Waals surface area contributed by atoms with E-state index >= 15 is 0 Å². The second kappa shape index (κ2) is 9.08. The predicted molar refractivity (Wildman–Crippen MR) is 106 cm³/mol. The van der Waals surface area contributed by atoms with E-state index in [0.29, 0.717) is 12.8 Å². The molecule has 1 aliphatic rings. The Labute approximate surface area is 181 Å². The van der Waals surface area contributed by atoms with Gasteiger partial charge in [0.15, 0.2) is 9.84 Å². The normalized spacial score (nSPS) is 17.4. The molecule has 32 heavy (non-hydrogen) atoms. The van der Waals surface area contributed by atoms with Gasteiger partial charge in [0, 0.05) is 18.6 Å². The first-order valence-corrected chi connectivity index (χ1v) is 11.3. The average Bonchev–Trinajstić information content (AvgIpc) is 3.42. The third-order valence-electron chi connectivity index (χ3n) is 4.78. The maximum atomic E-state index is 13.8. The van der Waals surface area contributed by atoms with E-state index in [1.165, 1.54) is 18.6 Å². The Bertz CT molecular complexity index is 1040. The Kier molecular flexibility index (Phi) is 6.81. The quantitative estimate of drug-likeness (QED) is 0.369. The minimum Gasteiger partial charge on any atom is -0.337 e. The van der Waals surface area contributed by atoms with Crippen molar-refractivity contribution in [3.63, 3.8) is 0 Å². The molecule has 1 amide bonds. The zero-order chi connectivity index (χ0) is 23.6. The van der Waals surface area contributed by atoms with Crippen molar-refractivity contribution in [2.45, 2.75) is 42.5 Å². The molecular weight excluding hydrogens is 454 g/mol. The van der Waals surface area contributed by atoms with Gasteiger partial charge in [0.05, 0.1) is 22.9 Å². The van der Waals surface area contributed by atoms with Gasteiger partial charge in [0.1, 0.15) is 17.9 Å². The first-order valence-electron chi connectivity index (χ1n) is 9.51. The van der Waals surface area contributed by atoms with Crippen LogP contribution in [0.4, 0.5) is 17.6 Å². The number of carbonyl (C=O) groups excluding carboxylic acids is 1. The van der Waals surface area contributed by atoms with Gasteiger partial charge < -0.3 is 11.1 Å². The van der Waals surface area contributed by atoms with Crippen molar-refractivity contribution >= 4 is 15.7 Å². The highest BCUT2D eigenvalue weighted by molar-refractivity contribution is 7.90. The zero-order valence-electron chi connectivity index (χ0n) is 16.6. The number of nitrogens with one attached hydrogen (secondary N) is 2. The van der Waals surface area contributed by atoms with E-state index in [0.717, 1.165) is 24.3 Å². The number of benzene rings is 1. The molecule has 2 atom stereocenters. The van der Waals surface area contributed by atoms with Crippen molar-refractivity contribution in [2.75, 3.05) is 5.75 Å². The van der Waals surface area contributed by atoms with Crippen LogP contribution in [0.5, 0.6) is 0 Å². The standard InChI is InChI=1S/C19H21F4N5O3S/c20-13-3-1-12(2-4-13)16(19(21,22)23)27-15(17(29)28-18(24)5-6-18)11-32(30,31)10-14-9-25-7-8-26-14/h1-4,7-9,15-16,27H,5-6,10-11,24H2,(H,28,29)/t15-,16-/m0/s1. The van der Waals surface area contributed by atoms with Crippen LogP contribution >= 0.6 is 0 Å². The minimum absolute atomic E-state index is 0.0788. The molecule has 0 aliphatic heterocycles. The maximum absolute atomic E-state index is 13.8. The van der Waals surface area contributed by atoms with Crippen LogP contribution in [0.2, 0.25) is 0 Å². The van der Waals surface area contributed by atoms with Gasteiger partial charge in [0.2, 0.25) is 5.91 Å². The van der Waals surface area contributed by atoms with Crippen LogP contribution in [0.25, 0.3) is 0 Å². The molecule has 0 unspecified atom stereocenters. The summed E-state index contributed by atoms with van der Waals surface area (Å²) in [4.78, 5) is 20.3. The molecule has 0 bridgehead atoms. The van der Waals surface area contributed by atoms with Gasteiger partial charge in [-0.15, -0.1) is 0 Å². The van der Waals surface area contributed by atoms with Crippen molar-refractivity contribution < 1.29 is 30.8 Å². The lowest BCUT2D eigenvalue weighted by atomic mass is 10.1. The van der Waals surface area contributed by atoms with E-state index in [2.05, 4.69) is 20.6 Å². The number of aromatic nitrogens is 2. The number of amides is 1. The topological polar surface area (TPSA) is 127 Å². The predicted octanol–water partition coefficient (Wildman–Crippen LogP) is 1.36. The highest BCUT2D eigenvalue weighted by atomic mass is 32.2. The molecule has 0 radical (unpaired) electrons. The summed E-state index contributed by atoms with van der Waals surface area (Å²) in [5.74, 6) is -3.29. The van der Waals surface area contributed by atoms with Crippen LogP contribution in [-0.2, 0) is 20.4 Å². The highest BCUT2D eigenvalue weighted by Gasteiger charge is 2.46. The van der Waals surface area contributed by atoms with Crippen LogP contribution in [0, 0.1) is 5.82 Å². The summed E-state index contributed by atoms with van der Waals surface area (Å²) in [5, 5.41) is 4.48. The summed E-state index contributed by atoms with van der Waals surface area (Å²) >= 11 is 0. The molecule has 1 heterocycles. The van der Waals surface area contributed by atoms with Gasteiger partial charge in [-0.2, -0.15) is 13.2 Å². The molecule has 0 spiro atoms. The largest absolute Gasteiger partial charge is 0.407 e. The maximum Gasteiger partial charge on any atom is 0.407 e. The van der Waals surface area contributed by atoms with E-state index < -0.39 is 57.0 Å². The molecule has 1 fully saturated rings. The number of carbonyl (C=O) groups is 1. The number of rotatable bonds is 9. The van der Waals surface area contributed by atoms with Crippen LogP contribution in [0.1, 0.15) is 30.1 Å². The summed E-state index contributed by atoms with van der Waals surface area (Å²) in [5.41, 5.74) is 4.45. The van der Waals surface area contributed by atoms with Gasteiger partial charge in [-0.1, -0.05) is 12.1 Å². The van der Waals surface area contributed by atoms with Crippen molar-refractivity contribution in [3.8, 4) is 0 Å². The number of hydrogen-bond donors (Lipinski definition) is 3. The van der Waals surface area contributed by atoms with Gasteiger partial charge in [-0.3, -0.25) is 20.1 Å². The van der Waals surface area contributed by atoms with Crippen molar-refractivity contribution in [1.29, 1.82) is 0 Å². The molecule has 1 aromatic carbocycles. The summed E-state index contributed by atoms with van der Waals surface area (Å²) in [6.07, 6.45) is -0.258. The molecule has 1 aromatic heterocycles.